The van der Waals surface area contributed by atoms with E-state index in [1.165, 1.54) is 0 Å². The van der Waals surface area contributed by atoms with Gasteiger partial charge in [0.25, 0.3) is 0 Å². The first kappa shape index (κ1) is 12.1. The zero-order valence-corrected chi connectivity index (χ0v) is 11.5. The number of rotatable bonds is 1. The van der Waals surface area contributed by atoms with Gasteiger partial charge < -0.3 is 10.6 Å². The van der Waals surface area contributed by atoms with Crippen LogP contribution in [0.3, 0.4) is 0 Å². The Bertz CT molecular complexity index is 385. The number of anilines is 1. The highest BCUT2D eigenvalue weighted by Crippen LogP contribution is 2.30. The van der Waals surface area contributed by atoms with Crippen LogP contribution in [0.4, 0.5) is 5.82 Å². The zero-order valence-electron chi connectivity index (χ0n) is 9.16. The molecule has 88 valence electrons. The molecule has 1 aliphatic rings. The highest BCUT2D eigenvalue weighted by atomic mass is 79.9. The van der Waals surface area contributed by atoms with E-state index in [4.69, 9.17) is 17.3 Å². The Morgan fingerprint density at radius 2 is 2.38 bits per heavy atom. The van der Waals surface area contributed by atoms with Gasteiger partial charge in [0.15, 0.2) is 0 Å². The number of pyridine rings is 1. The Hall–Kier alpha value is -0.320. The third-order valence-electron chi connectivity index (χ3n) is 2.98. The van der Waals surface area contributed by atoms with Crippen LogP contribution in [0.1, 0.15) is 19.8 Å². The van der Waals surface area contributed by atoms with Crippen LogP contribution >= 0.6 is 27.5 Å². The van der Waals surface area contributed by atoms with Crippen LogP contribution in [0, 0.1) is 0 Å². The summed E-state index contributed by atoms with van der Waals surface area (Å²) in [7, 11) is 0. The first-order valence-electron chi connectivity index (χ1n) is 5.41. The Labute approximate surface area is 109 Å². The Kier molecular flexibility index (Phi) is 3.72. The standard InChI is InChI=1S/C11H15BrClN3/c1-7-4-9(14)2-3-16(7)11-10(12)5-8(13)6-15-11/h5-7,9H,2-4,14H2,1H3. The van der Waals surface area contributed by atoms with Crippen molar-refractivity contribution in [2.24, 2.45) is 5.73 Å². The molecule has 0 spiro atoms. The Morgan fingerprint density at radius 3 is 3.00 bits per heavy atom. The fourth-order valence-electron chi connectivity index (χ4n) is 2.14. The van der Waals surface area contributed by atoms with Gasteiger partial charge in [-0.05, 0) is 41.8 Å². The second kappa shape index (κ2) is 4.90. The van der Waals surface area contributed by atoms with Gasteiger partial charge in [-0.15, -0.1) is 0 Å². The minimum absolute atomic E-state index is 0.317. The largest absolute Gasteiger partial charge is 0.353 e. The van der Waals surface area contributed by atoms with E-state index in [0.717, 1.165) is 29.7 Å². The van der Waals surface area contributed by atoms with Gasteiger partial charge in [0.05, 0.1) is 9.50 Å². The molecule has 0 bridgehead atoms. The van der Waals surface area contributed by atoms with Gasteiger partial charge in [0.1, 0.15) is 5.82 Å². The molecule has 1 saturated heterocycles. The van der Waals surface area contributed by atoms with Gasteiger partial charge in [0, 0.05) is 24.8 Å². The Morgan fingerprint density at radius 1 is 1.62 bits per heavy atom. The van der Waals surface area contributed by atoms with Crippen LogP contribution < -0.4 is 10.6 Å². The van der Waals surface area contributed by atoms with E-state index in [2.05, 4.69) is 32.7 Å². The number of nitrogens with zero attached hydrogens (tertiary/aromatic N) is 2. The summed E-state index contributed by atoms with van der Waals surface area (Å²) < 4.78 is 0.947. The summed E-state index contributed by atoms with van der Waals surface area (Å²) in [5.74, 6) is 0.962. The number of hydrogen-bond donors (Lipinski definition) is 1. The van der Waals surface area contributed by atoms with E-state index in [1.807, 2.05) is 6.07 Å². The number of aromatic nitrogens is 1. The van der Waals surface area contributed by atoms with E-state index in [-0.39, 0.29) is 0 Å². The highest BCUT2D eigenvalue weighted by Gasteiger charge is 2.25. The number of nitrogens with two attached hydrogens (primary N) is 1. The van der Waals surface area contributed by atoms with Crippen molar-refractivity contribution in [3.8, 4) is 0 Å². The van der Waals surface area contributed by atoms with E-state index in [1.54, 1.807) is 6.20 Å². The van der Waals surface area contributed by atoms with Gasteiger partial charge in [0.2, 0.25) is 0 Å². The van der Waals surface area contributed by atoms with Crippen molar-refractivity contribution in [2.75, 3.05) is 11.4 Å². The Balaban J connectivity index is 2.23. The van der Waals surface area contributed by atoms with Crippen LogP contribution in [-0.4, -0.2) is 23.6 Å². The molecule has 2 heterocycles. The second-order valence-electron chi connectivity index (χ2n) is 4.29. The van der Waals surface area contributed by atoms with Gasteiger partial charge in [-0.1, -0.05) is 11.6 Å². The maximum atomic E-state index is 5.95. The molecule has 2 N–H and O–H groups in total. The molecule has 1 aromatic heterocycles. The zero-order chi connectivity index (χ0) is 11.7. The van der Waals surface area contributed by atoms with Crippen LogP contribution in [0.25, 0.3) is 0 Å². The average molecular weight is 305 g/mol. The van der Waals surface area contributed by atoms with Crippen LogP contribution in [0.15, 0.2) is 16.7 Å². The molecule has 2 atom stereocenters. The molecule has 0 radical (unpaired) electrons. The first-order chi connectivity index (χ1) is 7.58. The van der Waals surface area contributed by atoms with E-state index in [0.29, 0.717) is 17.1 Å². The summed E-state index contributed by atoms with van der Waals surface area (Å²) in [5, 5.41) is 0.650. The molecular formula is C11H15BrClN3. The van der Waals surface area contributed by atoms with Crippen molar-refractivity contribution < 1.29 is 0 Å². The van der Waals surface area contributed by atoms with Crippen molar-refractivity contribution >= 4 is 33.3 Å². The monoisotopic (exact) mass is 303 g/mol. The SMILES string of the molecule is CC1CC(N)CCN1c1ncc(Cl)cc1Br. The summed E-state index contributed by atoms with van der Waals surface area (Å²) in [4.78, 5) is 6.66. The van der Waals surface area contributed by atoms with E-state index in [9.17, 15) is 0 Å². The maximum Gasteiger partial charge on any atom is 0.143 e. The molecule has 0 aromatic carbocycles. The quantitative estimate of drug-likeness (QED) is 0.867. The molecule has 0 saturated carbocycles. The fraction of sp³-hybridized carbons (Fsp3) is 0.545. The van der Waals surface area contributed by atoms with Crippen LogP contribution in [0.2, 0.25) is 5.02 Å². The number of halogens is 2. The average Bonchev–Trinajstić information content (AvgIpc) is 2.19. The topological polar surface area (TPSA) is 42.1 Å². The van der Waals surface area contributed by atoms with Crippen molar-refractivity contribution in [3.05, 3.63) is 21.8 Å². The molecule has 5 heteroatoms. The molecule has 2 unspecified atom stereocenters. The molecular weight excluding hydrogens is 289 g/mol. The smallest absolute Gasteiger partial charge is 0.143 e. The van der Waals surface area contributed by atoms with Gasteiger partial charge in [-0.3, -0.25) is 0 Å². The highest BCUT2D eigenvalue weighted by molar-refractivity contribution is 9.10. The lowest BCUT2D eigenvalue weighted by molar-refractivity contribution is 0.427. The second-order valence-corrected chi connectivity index (χ2v) is 5.58. The fourth-order valence-corrected chi connectivity index (χ4v) is 3.01. The lowest BCUT2D eigenvalue weighted by Crippen LogP contribution is -2.46. The molecule has 3 nitrogen and oxygen atoms in total. The van der Waals surface area contributed by atoms with Crippen LogP contribution in [-0.2, 0) is 0 Å². The summed E-state index contributed by atoms with van der Waals surface area (Å²) in [5.41, 5.74) is 5.95. The van der Waals surface area contributed by atoms with Crippen molar-refractivity contribution in [3.63, 3.8) is 0 Å². The van der Waals surface area contributed by atoms with Crippen LogP contribution in [0.5, 0.6) is 0 Å². The van der Waals surface area contributed by atoms with Gasteiger partial charge in [-0.25, -0.2) is 4.98 Å². The minimum Gasteiger partial charge on any atom is -0.353 e. The van der Waals surface area contributed by atoms with Gasteiger partial charge in [-0.2, -0.15) is 0 Å². The molecule has 0 amide bonds. The van der Waals surface area contributed by atoms with Gasteiger partial charge >= 0.3 is 0 Å². The van der Waals surface area contributed by atoms with Crippen molar-refractivity contribution in [1.29, 1.82) is 0 Å². The summed E-state index contributed by atoms with van der Waals surface area (Å²) in [6.45, 7) is 3.14. The van der Waals surface area contributed by atoms with E-state index < -0.39 is 0 Å². The lowest BCUT2D eigenvalue weighted by atomic mass is 9.99. The van der Waals surface area contributed by atoms with E-state index >= 15 is 0 Å². The number of piperidine rings is 1. The molecule has 1 fully saturated rings. The minimum atomic E-state index is 0.317. The maximum absolute atomic E-state index is 5.95. The first-order valence-corrected chi connectivity index (χ1v) is 6.58. The van der Waals surface area contributed by atoms with Crippen molar-refractivity contribution in [2.45, 2.75) is 31.8 Å². The predicted molar refractivity (Wildman–Crippen MR) is 71.0 cm³/mol. The molecule has 0 aliphatic carbocycles. The summed E-state index contributed by atoms with van der Waals surface area (Å²) in [6.07, 6.45) is 3.71. The molecule has 2 rings (SSSR count). The third-order valence-corrected chi connectivity index (χ3v) is 3.77. The predicted octanol–water partition coefficient (Wildman–Crippen LogP) is 2.81. The molecule has 16 heavy (non-hydrogen) atoms. The molecule has 1 aromatic rings. The lowest BCUT2D eigenvalue weighted by Gasteiger charge is -2.37. The normalized spacial score (nSPS) is 25.9. The molecule has 1 aliphatic heterocycles. The number of hydrogen-bond acceptors (Lipinski definition) is 3. The van der Waals surface area contributed by atoms with Crippen molar-refractivity contribution in [1.82, 2.24) is 4.98 Å². The summed E-state index contributed by atoms with van der Waals surface area (Å²) >= 11 is 9.39. The third kappa shape index (κ3) is 2.50. The summed E-state index contributed by atoms with van der Waals surface area (Å²) in [6, 6.07) is 2.62.